The topological polar surface area (TPSA) is 34.2 Å². The van der Waals surface area contributed by atoms with Crippen LogP contribution in [0.3, 0.4) is 0 Å². The third-order valence-corrected chi connectivity index (χ3v) is 3.12. The van der Waals surface area contributed by atoms with Crippen molar-refractivity contribution in [3.05, 3.63) is 24.5 Å². The molecule has 3 heteroatoms. The number of pyridine rings is 1. The van der Waals surface area contributed by atoms with Gasteiger partial charge >= 0.3 is 0 Å². The molecule has 1 fully saturated rings. The molecule has 1 N–H and O–H groups in total. The highest BCUT2D eigenvalue weighted by Gasteiger charge is 2.12. The van der Waals surface area contributed by atoms with Gasteiger partial charge in [-0.05, 0) is 43.7 Å². The van der Waals surface area contributed by atoms with Gasteiger partial charge in [-0.25, -0.2) is 0 Å². The van der Waals surface area contributed by atoms with Crippen LogP contribution in [0, 0.1) is 5.92 Å². The summed E-state index contributed by atoms with van der Waals surface area (Å²) in [6, 6.07) is 4.02. The van der Waals surface area contributed by atoms with E-state index in [1.165, 1.54) is 25.7 Å². The molecule has 1 aromatic rings. The van der Waals surface area contributed by atoms with E-state index in [1.807, 2.05) is 12.3 Å². The van der Waals surface area contributed by atoms with Crippen LogP contribution in [0.5, 0.6) is 0 Å². The number of ether oxygens (including phenoxy) is 1. The average molecular weight is 220 g/mol. The zero-order chi connectivity index (χ0) is 11.1. The van der Waals surface area contributed by atoms with Gasteiger partial charge in [-0.3, -0.25) is 4.98 Å². The highest BCUT2D eigenvalue weighted by atomic mass is 16.5. The molecule has 0 amide bonds. The maximum absolute atomic E-state index is 5.35. The predicted octanol–water partition coefficient (Wildman–Crippen LogP) is 2.70. The number of aromatic nitrogens is 1. The molecule has 2 heterocycles. The second-order valence-electron chi connectivity index (χ2n) is 4.37. The standard InChI is InChI=1S/C13H20N2O/c1(3-12-5-9-16-10-6-12)8-15-13-4-2-7-14-11-13/h2,4,7,11-12,15H,1,3,5-6,8-10H2. The summed E-state index contributed by atoms with van der Waals surface area (Å²) >= 11 is 0. The summed E-state index contributed by atoms with van der Waals surface area (Å²) in [5, 5.41) is 3.39. The smallest absolute Gasteiger partial charge is 0.0526 e. The molecule has 0 bridgehead atoms. The lowest BCUT2D eigenvalue weighted by Crippen LogP contribution is -2.16. The van der Waals surface area contributed by atoms with Crippen molar-refractivity contribution in [3.63, 3.8) is 0 Å². The van der Waals surface area contributed by atoms with Crippen LogP contribution in [-0.2, 0) is 4.74 Å². The van der Waals surface area contributed by atoms with Gasteiger partial charge in [0.1, 0.15) is 0 Å². The Balaban J connectivity index is 1.58. The van der Waals surface area contributed by atoms with Crippen LogP contribution >= 0.6 is 0 Å². The summed E-state index contributed by atoms with van der Waals surface area (Å²) in [4.78, 5) is 4.07. The molecule has 3 nitrogen and oxygen atoms in total. The Hall–Kier alpha value is -1.09. The monoisotopic (exact) mass is 220 g/mol. The number of anilines is 1. The van der Waals surface area contributed by atoms with Gasteiger partial charge in [-0.2, -0.15) is 0 Å². The SMILES string of the molecule is c1cncc(NCCCC2CCOCC2)c1. The summed E-state index contributed by atoms with van der Waals surface area (Å²) < 4.78 is 5.35. The van der Waals surface area contributed by atoms with Crippen molar-refractivity contribution >= 4 is 5.69 Å². The molecule has 1 saturated heterocycles. The lowest BCUT2D eigenvalue weighted by Gasteiger charge is -2.21. The van der Waals surface area contributed by atoms with Crippen molar-refractivity contribution in [1.82, 2.24) is 4.98 Å². The first-order chi connectivity index (χ1) is 7.95. The molecule has 0 atom stereocenters. The van der Waals surface area contributed by atoms with E-state index in [1.54, 1.807) is 6.20 Å². The predicted molar refractivity (Wildman–Crippen MR) is 65.5 cm³/mol. The Kier molecular flexibility index (Phi) is 4.62. The van der Waals surface area contributed by atoms with Crippen LogP contribution in [0.4, 0.5) is 5.69 Å². The van der Waals surface area contributed by atoms with E-state index < -0.39 is 0 Å². The van der Waals surface area contributed by atoms with Crippen LogP contribution < -0.4 is 5.32 Å². The van der Waals surface area contributed by atoms with Crippen molar-refractivity contribution in [3.8, 4) is 0 Å². The van der Waals surface area contributed by atoms with Gasteiger partial charge in [-0.15, -0.1) is 0 Å². The molecule has 16 heavy (non-hydrogen) atoms. The largest absolute Gasteiger partial charge is 0.384 e. The molecule has 0 saturated carbocycles. The lowest BCUT2D eigenvalue weighted by molar-refractivity contribution is 0.0636. The summed E-state index contributed by atoms with van der Waals surface area (Å²) in [5.74, 6) is 0.879. The Bertz CT molecular complexity index is 283. The van der Waals surface area contributed by atoms with E-state index in [0.717, 1.165) is 31.4 Å². The van der Waals surface area contributed by atoms with Crippen LogP contribution in [0.1, 0.15) is 25.7 Å². The highest BCUT2D eigenvalue weighted by Crippen LogP contribution is 2.19. The minimum atomic E-state index is 0.879. The average Bonchev–Trinajstić information content (AvgIpc) is 2.37. The Morgan fingerprint density at radius 3 is 3.00 bits per heavy atom. The van der Waals surface area contributed by atoms with Gasteiger partial charge in [-0.1, -0.05) is 0 Å². The van der Waals surface area contributed by atoms with E-state index in [0.29, 0.717) is 0 Å². The molecule has 1 aliphatic rings. The van der Waals surface area contributed by atoms with Crippen molar-refractivity contribution in [1.29, 1.82) is 0 Å². The molecule has 1 aromatic heterocycles. The fraction of sp³-hybridized carbons (Fsp3) is 0.615. The van der Waals surface area contributed by atoms with Gasteiger partial charge in [0.15, 0.2) is 0 Å². The van der Waals surface area contributed by atoms with Gasteiger partial charge in [0.2, 0.25) is 0 Å². The van der Waals surface area contributed by atoms with E-state index in [-0.39, 0.29) is 0 Å². The van der Waals surface area contributed by atoms with Crippen LogP contribution in [0.15, 0.2) is 24.5 Å². The highest BCUT2D eigenvalue weighted by molar-refractivity contribution is 5.39. The second-order valence-corrected chi connectivity index (χ2v) is 4.37. The summed E-state index contributed by atoms with van der Waals surface area (Å²) in [6.07, 6.45) is 8.71. The third kappa shape index (κ3) is 3.81. The molecular weight excluding hydrogens is 200 g/mol. The van der Waals surface area contributed by atoms with E-state index >= 15 is 0 Å². The second kappa shape index (κ2) is 6.48. The van der Waals surface area contributed by atoms with Crippen molar-refractivity contribution in [2.45, 2.75) is 25.7 Å². The number of nitrogens with zero attached hydrogens (tertiary/aromatic N) is 1. The normalized spacial score (nSPS) is 17.2. The summed E-state index contributed by atoms with van der Waals surface area (Å²) in [5.41, 5.74) is 1.12. The molecule has 1 aliphatic heterocycles. The Labute approximate surface area is 97.2 Å². The fourth-order valence-electron chi connectivity index (χ4n) is 2.13. The van der Waals surface area contributed by atoms with Gasteiger partial charge < -0.3 is 10.1 Å². The maximum atomic E-state index is 5.35. The first-order valence-electron chi connectivity index (χ1n) is 6.17. The quantitative estimate of drug-likeness (QED) is 0.775. The van der Waals surface area contributed by atoms with E-state index in [9.17, 15) is 0 Å². The zero-order valence-corrected chi connectivity index (χ0v) is 9.69. The van der Waals surface area contributed by atoms with Crippen LogP contribution in [0.2, 0.25) is 0 Å². The van der Waals surface area contributed by atoms with Crippen molar-refractivity contribution in [2.75, 3.05) is 25.1 Å². The number of hydrogen-bond donors (Lipinski definition) is 1. The third-order valence-electron chi connectivity index (χ3n) is 3.12. The van der Waals surface area contributed by atoms with Crippen LogP contribution in [-0.4, -0.2) is 24.7 Å². The van der Waals surface area contributed by atoms with Gasteiger partial charge in [0.05, 0.1) is 5.69 Å². The van der Waals surface area contributed by atoms with Gasteiger partial charge in [0, 0.05) is 32.2 Å². The Morgan fingerprint density at radius 1 is 1.38 bits per heavy atom. The summed E-state index contributed by atoms with van der Waals surface area (Å²) in [6.45, 7) is 2.96. The molecule has 0 aliphatic carbocycles. The number of rotatable bonds is 5. The maximum Gasteiger partial charge on any atom is 0.0526 e. The summed E-state index contributed by atoms with van der Waals surface area (Å²) in [7, 11) is 0. The van der Waals surface area contributed by atoms with Crippen molar-refractivity contribution < 1.29 is 4.74 Å². The number of hydrogen-bond acceptors (Lipinski definition) is 3. The molecule has 0 spiro atoms. The molecule has 0 radical (unpaired) electrons. The van der Waals surface area contributed by atoms with Crippen molar-refractivity contribution in [2.24, 2.45) is 5.92 Å². The first-order valence-corrected chi connectivity index (χ1v) is 6.17. The minimum Gasteiger partial charge on any atom is -0.384 e. The first kappa shape index (κ1) is 11.4. The van der Waals surface area contributed by atoms with Gasteiger partial charge in [0.25, 0.3) is 0 Å². The van der Waals surface area contributed by atoms with E-state index in [2.05, 4.69) is 16.4 Å². The molecular formula is C13H20N2O. The number of nitrogens with one attached hydrogen (secondary N) is 1. The molecule has 0 unspecified atom stereocenters. The minimum absolute atomic E-state index is 0.879. The Morgan fingerprint density at radius 2 is 2.25 bits per heavy atom. The molecule has 88 valence electrons. The van der Waals surface area contributed by atoms with Crippen LogP contribution in [0.25, 0.3) is 0 Å². The zero-order valence-electron chi connectivity index (χ0n) is 9.69. The molecule has 0 aromatic carbocycles. The van der Waals surface area contributed by atoms with E-state index in [4.69, 9.17) is 4.74 Å². The lowest BCUT2D eigenvalue weighted by atomic mass is 9.95. The molecule has 2 rings (SSSR count). The fourth-order valence-corrected chi connectivity index (χ4v) is 2.13.